The molecule has 0 aromatic heterocycles. The fourth-order valence-corrected chi connectivity index (χ4v) is 3.20. The van der Waals surface area contributed by atoms with Gasteiger partial charge in [-0.3, -0.25) is 4.79 Å². The van der Waals surface area contributed by atoms with Crippen LogP contribution in [0, 0.1) is 5.92 Å². The number of rotatable bonds is 5. The highest BCUT2D eigenvalue weighted by Crippen LogP contribution is 2.43. The number of hydrogen-bond acceptors (Lipinski definition) is 5. The quantitative estimate of drug-likeness (QED) is 0.795. The monoisotopic (exact) mass is 341 g/mol. The van der Waals surface area contributed by atoms with Crippen molar-refractivity contribution >= 4 is 5.97 Å². The number of alkyl halides is 2. The molecule has 132 valence electrons. The lowest BCUT2D eigenvalue weighted by molar-refractivity contribution is -0.180. The number of carbonyl (C=O) groups is 1. The van der Waals surface area contributed by atoms with Gasteiger partial charge in [-0.2, -0.15) is 0 Å². The molecule has 1 aromatic carbocycles. The summed E-state index contributed by atoms with van der Waals surface area (Å²) in [7, 11) is 1.59. The summed E-state index contributed by atoms with van der Waals surface area (Å²) in [6.07, 6.45) is -1.94. The molecule has 1 saturated heterocycles. The summed E-state index contributed by atoms with van der Waals surface area (Å²) < 4.78 is 36.2. The van der Waals surface area contributed by atoms with Crippen molar-refractivity contribution < 1.29 is 28.2 Å². The third-order valence-electron chi connectivity index (χ3n) is 4.66. The molecule has 2 aliphatic rings. The van der Waals surface area contributed by atoms with E-state index >= 15 is 0 Å². The Bertz CT molecular complexity index is 585. The van der Waals surface area contributed by atoms with E-state index < -0.39 is 42.9 Å². The van der Waals surface area contributed by atoms with Gasteiger partial charge >= 0.3 is 5.97 Å². The Kier molecular flexibility index (Phi) is 4.73. The van der Waals surface area contributed by atoms with Crippen molar-refractivity contribution in [3.63, 3.8) is 0 Å². The minimum atomic E-state index is -2.77. The van der Waals surface area contributed by atoms with E-state index in [9.17, 15) is 18.7 Å². The zero-order chi connectivity index (χ0) is 17.3. The van der Waals surface area contributed by atoms with E-state index in [-0.39, 0.29) is 6.04 Å². The predicted octanol–water partition coefficient (Wildman–Crippen LogP) is 1.53. The highest BCUT2D eigenvalue weighted by Gasteiger charge is 2.51. The summed E-state index contributed by atoms with van der Waals surface area (Å²) in [6.45, 7) is 0.305. The van der Waals surface area contributed by atoms with E-state index in [1.54, 1.807) is 7.11 Å². The Morgan fingerprint density at radius 2 is 2.00 bits per heavy atom. The lowest BCUT2D eigenvalue weighted by Gasteiger charge is -2.34. The summed E-state index contributed by atoms with van der Waals surface area (Å²) in [4.78, 5) is 12.0. The number of nitrogens with one attached hydrogen (secondary N) is 1. The Hall–Kier alpha value is -1.73. The first-order valence-corrected chi connectivity index (χ1v) is 8.01. The molecule has 0 amide bonds. The van der Waals surface area contributed by atoms with Crippen LogP contribution in [-0.4, -0.2) is 48.9 Å². The van der Waals surface area contributed by atoms with Gasteiger partial charge in [0.05, 0.1) is 19.1 Å². The third kappa shape index (κ3) is 3.67. The van der Waals surface area contributed by atoms with Gasteiger partial charge in [-0.25, -0.2) is 8.78 Å². The average molecular weight is 341 g/mol. The Morgan fingerprint density at radius 3 is 2.58 bits per heavy atom. The van der Waals surface area contributed by atoms with E-state index in [1.807, 2.05) is 24.3 Å². The third-order valence-corrected chi connectivity index (χ3v) is 4.66. The normalized spacial score (nSPS) is 29.1. The first-order chi connectivity index (χ1) is 11.4. The molecular weight excluding hydrogens is 320 g/mol. The SMILES string of the molecule is COc1ccc(C[C@H]2NC[C@H](O)[C@H]2OC(=O)C2CC(F)(F)C2)cc1. The first-order valence-electron chi connectivity index (χ1n) is 8.01. The summed E-state index contributed by atoms with van der Waals surface area (Å²) in [5, 5.41) is 13.2. The van der Waals surface area contributed by atoms with Gasteiger partial charge < -0.3 is 19.9 Å². The van der Waals surface area contributed by atoms with Crippen LogP contribution in [0.15, 0.2) is 24.3 Å². The van der Waals surface area contributed by atoms with Gasteiger partial charge in [-0.05, 0) is 24.1 Å². The molecule has 2 fully saturated rings. The zero-order valence-electron chi connectivity index (χ0n) is 13.4. The maximum Gasteiger partial charge on any atom is 0.309 e. The van der Waals surface area contributed by atoms with Crippen LogP contribution in [-0.2, 0) is 16.0 Å². The zero-order valence-corrected chi connectivity index (χ0v) is 13.4. The van der Waals surface area contributed by atoms with Crippen molar-refractivity contribution in [3.8, 4) is 5.75 Å². The Morgan fingerprint density at radius 1 is 1.33 bits per heavy atom. The molecule has 3 atom stereocenters. The minimum absolute atomic E-state index is 0.252. The molecule has 3 rings (SSSR count). The number of benzene rings is 1. The van der Waals surface area contributed by atoms with E-state index in [4.69, 9.17) is 9.47 Å². The second-order valence-electron chi connectivity index (χ2n) is 6.50. The first kappa shape index (κ1) is 17.1. The van der Waals surface area contributed by atoms with E-state index in [2.05, 4.69) is 5.32 Å². The van der Waals surface area contributed by atoms with E-state index in [0.29, 0.717) is 13.0 Å². The molecule has 24 heavy (non-hydrogen) atoms. The number of halogens is 2. The van der Waals surface area contributed by atoms with Gasteiger partial charge in [0.25, 0.3) is 0 Å². The molecule has 5 nitrogen and oxygen atoms in total. The Balaban J connectivity index is 1.59. The van der Waals surface area contributed by atoms with Gasteiger partial charge in [0.1, 0.15) is 18.0 Å². The largest absolute Gasteiger partial charge is 0.497 e. The summed E-state index contributed by atoms with van der Waals surface area (Å²) >= 11 is 0. The number of esters is 1. The van der Waals surface area contributed by atoms with Crippen molar-refractivity contribution in [1.29, 1.82) is 0 Å². The molecule has 1 aromatic rings. The number of carbonyl (C=O) groups excluding carboxylic acids is 1. The molecule has 2 N–H and O–H groups in total. The van der Waals surface area contributed by atoms with Crippen LogP contribution < -0.4 is 10.1 Å². The van der Waals surface area contributed by atoms with Crippen LogP contribution in [0.1, 0.15) is 18.4 Å². The molecule has 1 aliphatic heterocycles. The molecule has 1 saturated carbocycles. The van der Waals surface area contributed by atoms with Crippen molar-refractivity contribution in [2.75, 3.05) is 13.7 Å². The molecular formula is C17H21F2NO4. The van der Waals surface area contributed by atoms with Crippen molar-refractivity contribution in [2.45, 2.75) is 43.4 Å². The van der Waals surface area contributed by atoms with Crippen molar-refractivity contribution in [1.82, 2.24) is 5.32 Å². The lowest BCUT2D eigenvalue weighted by Crippen LogP contribution is -2.45. The topological polar surface area (TPSA) is 67.8 Å². The molecule has 0 bridgehead atoms. The number of ether oxygens (including phenoxy) is 2. The highest BCUT2D eigenvalue weighted by molar-refractivity contribution is 5.74. The number of aliphatic hydroxyl groups excluding tert-OH is 1. The van der Waals surface area contributed by atoms with Crippen molar-refractivity contribution in [3.05, 3.63) is 29.8 Å². The number of β-amino-alcohol motifs (C(OH)–C–C–N with tert-alkyl or cyclic N) is 1. The maximum atomic E-state index is 12.9. The summed E-state index contributed by atoms with van der Waals surface area (Å²) in [5.74, 6) is -3.44. The van der Waals surface area contributed by atoms with Gasteiger partial charge in [0.15, 0.2) is 0 Å². The van der Waals surface area contributed by atoms with Crippen LogP contribution in [0.4, 0.5) is 8.78 Å². The average Bonchev–Trinajstić information content (AvgIpc) is 2.86. The minimum Gasteiger partial charge on any atom is -0.497 e. The van der Waals surface area contributed by atoms with Crippen LogP contribution in [0.25, 0.3) is 0 Å². The highest BCUT2D eigenvalue weighted by atomic mass is 19.3. The van der Waals surface area contributed by atoms with Gasteiger partial charge in [0.2, 0.25) is 5.92 Å². The summed E-state index contributed by atoms with van der Waals surface area (Å²) in [5.41, 5.74) is 0.999. The molecule has 0 unspecified atom stereocenters. The number of aliphatic hydroxyl groups is 1. The molecule has 0 spiro atoms. The standard InChI is InChI=1S/C17H21F2NO4/c1-23-12-4-2-10(3-5-12)6-13-15(14(21)9-20-13)24-16(22)11-7-17(18,19)8-11/h2-5,11,13-15,20-21H,6-9H2,1H3/t13-,14+,15+/m1/s1. The van der Waals surface area contributed by atoms with Crippen LogP contribution in [0.5, 0.6) is 5.75 Å². The molecule has 1 heterocycles. The fourth-order valence-electron chi connectivity index (χ4n) is 3.20. The fraction of sp³-hybridized carbons (Fsp3) is 0.588. The van der Waals surface area contributed by atoms with E-state index in [1.165, 1.54) is 0 Å². The van der Waals surface area contributed by atoms with Gasteiger partial charge in [-0.15, -0.1) is 0 Å². The summed E-state index contributed by atoms with van der Waals surface area (Å²) in [6, 6.07) is 7.21. The molecule has 1 aliphatic carbocycles. The van der Waals surface area contributed by atoms with Gasteiger partial charge in [-0.1, -0.05) is 12.1 Å². The maximum absolute atomic E-state index is 12.9. The van der Waals surface area contributed by atoms with E-state index in [0.717, 1.165) is 11.3 Å². The second kappa shape index (κ2) is 6.64. The smallest absolute Gasteiger partial charge is 0.309 e. The second-order valence-corrected chi connectivity index (χ2v) is 6.50. The van der Waals surface area contributed by atoms with Gasteiger partial charge in [0, 0.05) is 19.4 Å². The molecule has 0 radical (unpaired) electrons. The van der Waals surface area contributed by atoms with Crippen LogP contribution in [0.2, 0.25) is 0 Å². The molecule has 7 heteroatoms. The lowest BCUT2D eigenvalue weighted by atomic mass is 9.81. The number of hydrogen-bond donors (Lipinski definition) is 2. The van der Waals surface area contributed by atoms with Crippen LogP contribution >= 0.6 is 0 Å². The van der Waals surface area contributed by atoms with Crippen LogP contribution in [0.3, 0.4) is 0 Å². The van der Waals surface area contributed by atoms with Crippen molar-refractivity contribution in [2.24, 2.45) is 5.92 Å². The Labute approximate surface area is 138 Å². The number of methoxy groups -OCH3 is 1. The predicted molar refractivity (Wildman–Crippen MR) is 82.0 cm³/mol.